The summed E-state index contributed by atoms with van der Waals surface area (Å²) in [5.41, 5.74) is 1.01. The number of amides is 1. The second-order valence-electron chi connectivity index (χ2n) is 3.87. The number of methoxy groups -OCH3 is 2. The molecule has 0 fully saturated rings. The van der Waals surface area contributed by atoms with Gasteiger partial charge in [-0.2, -0.15) is 0 Å². The van der Waals surface area contributed by atoms with Gasteiger partial charge in [0.25, 0.3) is 0 Å². The zero-order valence-corrected chi connectivity index (χ0v) is 13.0. The van der Waals surface area contributed by atoms with E-state index < -0.39 is 0 Å². The van der Waals surface area contributed by atoms with Gasteiger partial charge in [0.1, 0.15) is 0 Å². The molecule has 2 N–H and O–H groups in total. The zero-order valence-electron chi connectivity index (χ0n) is 11.4. The summed E-state index contributed by atoms with van der Waals surface area (Å²) in [4.78, 5) is 11.3. The van der Waals surface area contributed by atoms with Gasteiger partial charge in [0.15, 0.2) is 11.5 Å². The molecule has 0 aliphatic heterocycles. The van der Waals surface area contributed by atoms with Crippen molar-refractivity contribution in [1.29, 1.82) is 0 Å². The largest absolute Gasteiger partial charge is 0.493 e. The molecule has 1 amide bonds. The molecule has 0 saturated heterocycles. The number of likely N-dealkylation sites (N-methyl/N-ethyl adjacent to an activating group) is 1. The predicted molar refractivity (Wildman–Crippen MR) is 77.6 cm³/mol. The molecular formula is C13H19BrN2O3. The van der Waals surface area contributed by atoms with Crippen molar-refractivity contribution in [3.8, 4) is 11.5 Å². The Morgan fingerprint density at radius 2 is 2.05 bits per heavy atom. The van der Waals surface area contributed by atoms with E-state index in [1.807, 2.05) is 19.1 Å². The van der Waals surface area contributed by atoms with Gasteiger partial charge >= 0.3 is 0 Å². The molecule has 0 heterocycles. The van der Waals surface area contributed by atoms with Crippen LogP contribution in [-0.2, 0) is 11.3 Å². The van der Waals surface area contributed by atoms with Gasteiger partial charge in [-0.3, -0.25) is 4.79 Å². The Balaban J connectivity index is 2.64. The molecule has 1 aromatic carbocycles. The highest BCUT2D eigenvalue weighted by Gasteiger charge is 2.10. The van der Waals surface area contributed by atoms with Crippen LogP contribution in [0.2, 0.25) is 0 Å². The molecule has 0 aromatic heterocycles. The fourth-order valence-corrected chi connectivity index (χ4v) is 2.30. The third kappa shape index (κ3) is 4.72. The average Bonchev–Trinajstić information content (AvgIpc) is 2.38. The van der Waals surface area contributed by atoms with Crippen LogP contribution in [0.1, 0.15) is 12.5 Å². The monoisotopic (exact) mass is 330 g/mol. The summed E-state index contributed by atoms with van der Waals surface area (Å²) in [6.45, 7) is 3.40. The van der Waals surface area contributed by atoms with Crippen molar-refractivity contribution in [2.45, 2.75) is 13.5 Å². The minimum Gasteiger partial charge on any atom is -0.493 e. The number of nitrogens with one attached hydrogen (secondary N) is 2. The maximum absolute atomic E-state index is 11.3. The SMILES string of the molecule is CCNC(=O)CNCc1cc(Br)c(OC)c(OC)c1. The Labute approximate surface area is 121 Å². The van der Waals surface area contributed by atoms with E-state index >= 15 is 0 Å². The lowest BCUT2D eigenvalue weighted by Crippen LogP contribution is -2.33. The Bertz CT molecular complexity index is 438. The number of ether oxygens (including phenoxy) is 2. The standard InChI is InChI=1S/C13H19BrN2O3/c1-4-16-12(17)8-15-7-9-5-10(14)13(19-3)11(6-9)18-2/h5-6,15H,4,7-8H2,1-3H3,(H,16,17). The highest BCUT2D eigenvalue weighted by Crippen LogP contribution is 2.36. The molecule has 19 heavy (non-hydrogen) atoms. The molecule has 106 valence electrons. The smallest absolute Gasteiger partial charge is 0.233 e. The van der Waals surface area contributed by atoms with E-state index in [0.29, 0.717) is 31.1 Å². The van der Waals surface area contributed by atoms with Gasteiger partial charge in [-0.25, -0.2) is 0 Å². The second-order valence-corrected chi connectivity index (χ2v) is 4.72. The second kappa shape index (κ2) is 8.01. The summed E-state index contributed by atoms with van der Waals surface area (Å²) in [7, 11) is 3.19. The van der Waals surface area contributed by atoms with E-state index in [-0.39, 0.29) is 5.91 Å². The van der Waals surface area contributed by atoms with E-state index in [2.05, 4.69) is 26.6 Å². The Morgan fingerprint density at radius 1 is 1.32 bits per heavy atom. The first-order valence-electron chi connectivity index (χ1n) is 6.00. The maximum Gasteiger partial charge on any atom is 0.233 e. The van der Waals surface area contributed by atoms with E-state index in [1.54, 1.807) is 14.2 Å². The number of carbonyl (C=O) groups is 1. The zero-order chi connectivity index (χ0) is 14.3. The molecule has 0 saturated carbocycles. The van der Waals surface area contributed by atoms with Crippen molar-refractivity contribution >= 4 is 21.8 Å². The maximum atomic E-state index is 11.3. The van der Waals surface area contributed by atoms with E-state index in [1.165, 1.54) is 0 Å². The Kier molecular flexibility index (Phi) is 6.66. The van der Waals surface area contributed by atoms with Crippen molar-refractivity contribution < 1.29 is 14.3 Å². The Hall–Kier alpha value is -1.27. The molecule has 6 heteroatoms. The minimum atomic E-state index is -0.0120. The van der Waals surface area contributed by atoms with E-state index in [9.17, 15) is 4.79 Å². The van der Waals surface area contributed by atoms with Crippen molar-refractivity contribution in [1.82, 2.24) is 10.6 Å². The van der Waals surface area contributed by atoms with Crippen LogP contribution in [0, 0.1) is 0 Å². The molecular weight excluding hydrogens is 312 g/mol. The third-order valence-corrected chi connectivity index (χ3v) is 3.07. The van der Waals surface area contributed by atoms with Crippen LogP contribution in [-0.4, -0.2) is 33.2 Å². The first-order valence-corrected chi connectivity index (χ1v) is 6.79. The highest BCUT2D eigenvalue weighted by atomic mass is 79.9. The lowest BCUT2D eigenvalue weighted by molar-refractivity contribution is -0.120. The van der Waals surface area contributed by atoms with E-state index in [4.69, 9.17) is 9.47 Å². The molecule has 5 nitrogen and oxygen atoms in total. The van der Waals surface area contributed by atoms with Crippen molar-refractivity contribution in [2.75, 3.05) is 27.3 Å². The average molecular weight is 331 g/mol. The molecule has 0 aliphatic rings. The van der Waals surface area contributed by atoms with Crippen LogP contribution in [0.3, 0.4) is 0 Å². The summed E-state index contributed by atoms with van der Waals surface area (Å²) >= 11 is 3.43. The van der Waals surface area contributed by atoms with E-state index in [0.717, 1.165) is 10.0 Å². The molecule has 0 radical (unpaired) electrons. The molecule has 0 unspecified atom stereocenters. The molecule has 0 atom stereocenters. The number of hydrogen-bond donors (Lipinski definition) is 2. The topological polar surface area (TPSA) is 59.6 Å². The lowest BCUT2D eigenvalue weighted by atomic mass is 10.2. The molecule has 0 spiro atoms. The first kappa shape index (κ1) is 15.8. The number of carbonyl (C=O) groups excluding carboxylic acids is 1. The molecule has 1 aromatic rings. The summed E-state index contributed by atoms with van der Waals surface area (Å²) in [6.07, 6.45) is 0. The van der Waals surface area contributed by atoms with Crippen LogP contribution < -0.4 is 20.1 Å². The van der Waals surface area contributed by atoms with Crippen LogP contribution in [0.25, 0.3) is 0 Å². The quantitative estimate of drug-likeness (QED) is 0.798. The van der Waals surface area contributed by atoms with Gasteiger partial charge in [-0.05, 0) is 40.5 Å². The van der Waals surface area contributed by atoms with Crippen LogP contribution in [0.4, 0.5) is 0 Å². The predicted octanol–water partition coefficient (Wildman–Crippen LogP) is 1.69. The fraction of sp³-hybridized carbons (Fsp3) is 0.462. The van der Waals surface area contributed by atoms with Gasteiger partial charge < -0.3 is 20.1 Å². The normalized spacial score (nSPS) is 10.1. The summed E-state index contributed by atoms with van der Waals surface area (Å²) in [5, 5.41) is 5.80. The van der Waals surface area contributed by atoms with Crippen LogP contribution >= 0.6 is 15.9 Å². The van der Waals surface area contributed by atoms with Crippen LogP contribution in [0.15, 0.2) is 16.6 Å². The summed E-state index contributed by atoms with van der Waals surface area (Å²) < 4.78 is 11.3. The van der Waals surface area contributed by atoms with Gasteiger partial charge in [0, 0.05) is 13.1 Å². The summed E-state index contributed by atoms with van der Waals surface area (Å²) in [6, 6.07) is 3.82. The molecule has 0 aliphatic carbocycles. The van der Waals surface area contributed by atoms with Crippen molar-refractivity contribution in [2.24, 2.45) is 0 Å². The van der Waals surface area contributed by atoms with Gasteiger partial charge in [-0.1, -0.05) is 0 Å². The number of hydrogen-bond acceptors (Lipinski definition) is 4. The Morgan fingerprint density at radius 3 is 2.63 bits per heavy atom. The fourth-order valence-electron chi connectivity index (χ4n) is 1.65. The highest BCUT2D eigenvalue weighted by molar-refractivity contribution is 9.10. The molecule has 0 bridgehead atoms. The lowest BCUT2D eigenvalue weighted by Gasteiger charge is -2.12. The van der Waals surface area contributed by atoms with Gasteiger partial charge in [0.2, 0.25) is 5.91 Å². The summed E-state index contributed by atoms with van der Waals surface area (Å²) in [5.74, 6) is 1.31. The number of rotatable bonds is 7. The third-order valence-electron chi connectivity index (χ3n) is 2.48. The van der Waals surface area contributed by atoms with Crippen molar-refractivity contribution in [3.63, 3.8) is 0 Å². The van der Waals surface area contributed by atoms with Crippen molar-refractivity contribution in [3.05, 3.63) is 22.2 Å². The van der Waals surface area contributed by atoms with Gasteiger partial charge in [0.05, 0.1) is 25.2 Å². The van der Waals surface area contributed by atoms with Gasteiger partial charge in [-0.15, -0.1) is 0 Å². The molecule has 1 rings (SSSR count). The number of benzene rings is 1. The number of halogens is 1. The minimum absolute atomic E-state index is 0.0120. The van der Waals surface area contributed by atoms with Crippen LogP contribution in [0.5, 0.6) is 11.5 Å². The first-order chi connectivity index (χ1) is 9.12.